The predicted octanol–water partition coefficient (Wildman–Crippen LogP) is 2.39. The van der Waals surface area contributed by atoms with Crippen molar-refractivity contribution in [3.05, 3.63) is 35.6 Å². The average molecular weight is 252 g/mol. The summed E-state index contributed by atoms with van der Waals surface area (Å²) in [6.45, 7) is 6.73. The Kier molecular flexibility index (Phi) is 5.78. The van der Waals surface area contributed by atoms with Gasteiger partial charge in [0.25, 0.3) is 0 Å². The molecule has 18 heavy (non-hydrogen) atoms. The quantitative estimate of drug-likeness (QED) is 0.816. The van der Waals surface area contributed by atoms with E-state index in [1.807, 2.05) is 20.8 Å². The summed E-state index contributed by atoms with van der Waals surface area (Å²) in [5.74, 6) is -0.265. The Morgan fingerprint density at radius 2 is 1.89 bits per heavy atom. The predicted molar refractivity (Wildman–Crippen MR) is 70.7 cm³/mol. The average Bonchev–Trinajstić information content (AvgIpc) is 2.29. The number of hydrogen-bond acceptors (Lipinski definition) is 2. The zero-order chi connectivity index (χ0) is 13.5. The maximum Gasteiger partial charge on any atom is 0.222 e. The molecule has 0 aliphatic carbocycles. The fraction of sp³-hybridized carbons (Fsp3) is 0.500. The first-order chi connectivity index (χ1) is 8.52. The molecule has 3 nitrogen and oxygen atoms in total. The zero-order valence-electron chi connectivity index (χ0n) is 11.2. The van der Waals surface area contributed by atoms with Crippen LogP contribution < -0.4 is 10.6 Å². The summed E-state index contributed by atoms with van der Waals surface area (Å²) in [5, 5.41) is 6.09. The molecule has 1 unspecified atom stereocenters. The van der Waals surface area contributed by atoms with E-state index < -0.39 is 0 Å². The van der Waals surface area contributed by atoms with Crippen molar-refractivity contribution in [1.82, 2.24) is 10.6 Å². The summed E-state index contributed by atoms with van der Waals surface area (Å²) < 4.78 is 12.8. The van der Waals surface area contributed by atoms with Crippen molar-refractivity contribution in [2.75, 3.05) is 6.54 Å². The lowest BCUT2D eigenvalue weighted by atomic mass is 10.1. The van der Waals surface area contributed by atoms with Crippen LogP contribution in [0, 0.1) is 5.82 Å². The van der Waals surface area contributed by atoms with E-state index in [0.717, 1.165) is 12.1 Å². The van der Waals surface area contributed by atoms with E-state index in [1.54, 1.807) is 12.1 Å². The van der Waals surface area contributed by atoms with Crippen molar-refractivity contribution in [2.24, 2.45) is 0 Å². The van der Waals surface area contributed by atoms with Gasteiger partial charge >= 0.3 is 0 Å². The highest BCUT2D eigenvalue weighted by atomic mass is 19.1. The molecule has 1 aromatic rings. The van der Waals surface area contributed by atoms with E-state index >= 15 is 0 Å². The maximum absolute atomic E-state index is 12.8. The van der Waals surface area contributed by atoms with Crippen LogP contribution in [0.15, 0.2) is 24.3 Å². The number of hydrogen-bond donors (Lipinski definition) is 2. The molecule has 2 atom stereocenters. The summed E-state index contributed by atoms with van der Waals surface area (Å²) in [7, 11) is 0. The zero-order valence-corrected chi connectivity index (χ0v) is 11.2. The van der Waals surface area contributed by atoms with Crippen molar-refractivity contribution in [1.29, 1.82) is 0 Å². The van der Waals surface area contributed by atoms with Crippen molar-refractivity contribution in [3.8, 4) is 0 Å². The van der Waals surface area contributed by atoms with Crippen LogP contribution in [0.25, 0.3) is 0 Å². The molecule has 1 amide bonds. The number of benzene rings is 1. The molecule has 0 bridgehead atoms. The van der Waals surface area contributed by atoms with Gasteiger partial charge in [-0.15, -0.1) is 0 Å². The van der Waals surface area contributed by atoms with Crippen LogP contribution in [0.5, 0.6) is 0 Å². The molecule has 0 spiro atoms. The third-order valence-electron chi connectivity index (χ3n) is 2.79. The summed E-state index contributed by atoms with van der Waals surface area (Å²) in [5.41, 5.74) is 0.904. The molecule has 0 aromatic heterocycles. The van der Waals surface area contributed by atoms with Crippen LogP contribution in [0.4, 0.5) is 4.39 Å². The summed E-state index contributed by atoms with van der Waals surface area (Å²) >= 11 is 0. The van der Waals surface area contributed by atoms with Crippen molar-refractivity contribution >= 4 is 5.91 Å². The van der Waals surface area contributed by atoms with Crippen molar-refractivity contribution in [3.63, 3.8) is 0 Å². The number of carbonyl (C=O) groups is 1. The normalized spacial score (nSPS) is 14.0. The molecule has 1 rings (SSSR count). The van der Waals surface area contributed by atoms with Gasteiger partial charge in [-0.25, -0.2) is 4.39 Å². The summed E-state index contributed by atoms with van der Waals surface area (Å²) in [6, 6.07) is 6.24. The second kappa shape index (κ2) is 7.11. The molecule has 0 saturated carbocycles. The Hall–Kier alpha value is -1.42. The molecule has 0 aliphatic heterocycles. The van der Waals surface area contributed by atoms with E-state index in [0.29, 0.717) is 6.42 Å². The molecular formula is C14H21FN2O. The van der Waals surface area contributed by atoms with Gasteiger partial charge in [-0.1, -0.05) is 19.1 Å². The standard InChI is InChI=1S/C14H21FN2O/c1-4-16-10(2)9-14(18)17-11(3)12-5-7-13(15)8-6-12/h5-8,10-11,16H,4,9H2,1-3H3,(H,17,18)/t10?,11-/m1/s1. The molecule has 0 heterocycles. The topological polar surface area (TPSA) is 41.1 Å². The second-order valence-corrected chi connectivity index (χ2v) is 4.50. The Labute approximate surface area is 108 Å². The first kappa shape index (κ1) is 14.6. The van der Waals surface area contributed by atoms with E-state index in [2.05, 4.69) is 10.6 Å². The second-order valence-electron chi connectivity index (χ2n) is 4.50. The van der Waals surface area contributed by atoms with Gasteiger partial charge in [-0.3, -0.25) is 4.79 Å². The van der Waals surface area contributed by atoms with Crippen LogP contribution in [0.1, 0.15) is 38.8 Å². The van der Waals surface area contributed by atoms with E-state index in [9.17, 15) is 9.18 Å². The lowest BCUT2D eigenvalue weighted by Crippen LogP contribution is -2.34. The van der Waals surface area contributed by atoms with Crippen molar-refractivity contribution < 1.29 is 9.18 Å². The highest BCUT2D eigenvalue weighted by molar-refractivity contribution is 5.77. The van der Waals surface area contributed by atoms with Gasteiger partial charge in [0.2, 0.25) is 5.91 Å². The third-order valence-corrected chi connectivity index (χ3v) is 2.79. The van der Waals surface area contributed by atoms with Crippen LogP contribution in [-0.4, -0.2) is 18.5 Å². The van der Waals surface area contributed by atoms with E-state index in [4.69, 9.17) is 0 Å². The molecule has 0 aliphatic rings. The lowest BCUT2D eigenvalue weighted by Gasteiger charge is -2.17. The van der Waals surface area contributed by atoms with Gasteiger partial charge in [0.15, 0.2) is 0 Å². The van der Waals surface area contributed by atoms with Crippen LogP contribution >= 0.6 is 0 Å². The Morgan fingerprint density at radius 3 is 2.44 bits per heavy atom. The first-order valence-corrected chi connectivity index (χ1v) is 6.31. The fourth-order valence-corrected chi connectivity index (χ4v) is 1.83. The molecule has 0 fully saturated rings. The van der Waals surface area contributed by atoms with Gasteiger partial charge < -0.3 is 10.6 Å². The molecule has 0 saturated heterocycles. The lowest BCUT2D eigenvalue weighted by molar-refractivity contribution is -0.122. The number of nitrogens with one attached hydrogen (secondary N) is 2. The largest absolute Gasteiger partial charge is 0.350 e. The smallest absolute Gasteiger partial charge is 0.222 e. The minimum atomic E-state index is -0.266. The minimum Gasteiger partial charge on any atom is -0.350 e. The van der Waals surface area contributed by atoms with E-state index in [-0.39, 0.29) is 23.8 Å². The molecular weight excluding hydrogens is 231 g/mol. The van der Waals surface area contributed by atoms with Crippen LogP contribution in [0.3, 0.4) is 0 Å². The Morgan fingerprint density at radius 1 is 1.28 bits per heavy atom. The monoisotopic (exact) mass is 252 g/mol. The Bertz CT molecular complexity index is 378. The number of halogens is 1. The van der Waals surface area contributed by atoms with Gasteiger partial charge in [0, 0.05) is 12.5 Å². The molecule has 100 valence electrons. The summed E-state index contributed by atoms with van der Waals surface area (Å²) in [6.07, 6.45) is 0.444. The first-order valence-electron chi connectivity index (χ1n) is 6.31. The van der Waals surface area contributed by atoms with Gasteiger partial charge in [0.05, 0.1) is 6.04 Å². The molecule has 4 heteroatoms. The van der Waals surface area contributed by atoms with Gasteiger partial charge in [-0.05, 0) is 38.1 Å². The van der Waals surface area contributed by atoms with Gasteiger partial charge in [0.1, 0.15) is 5.82 Å². The van der Waals surface area contributed by atoms with Crippen LogP contribution in [-0.2, 0) is 4.79 Å². The molecule has 2 N–H and O–H groups in total. The highest BCUT2D eigenvalue weighted by Gasteiger charge is 2.12. The maximum atomic E-state index is 12.8. The van der Waals surface area contributed by atoms with Gasteiger partial charge in [-0.2, -0.15) is 0 Å². The number of amides is 1. The molecule has 0 radical (unpaired) electrons. The highest BCUT2D eigenvalue weighted by Crippen LogP contribution is 2.12. The Balaban J connectivity index is 2.46. The number of rotatable bonds is 6. The van der Waals surface area contributed by atoms with Crippen molar-refractivity contribution in [2.45, 2.75) is 39.3 Å². The third kappa shape index (κ3) is 4.84. The SMILES string of the molecule is CCNC(C)CC(=O)N[C@H](C)c1ccc(F)cc1. The van der Waals surface area contributed by atoms with Crippen LogP contribution in [0.2, 0.25) is 0 Å². The van der Waals surface area contributed by atoms with E-state index in [1.165, 1.54) is 12.1 Å². The number of carbonyl (C=O) groups excluding carboxylic acids is 1. The summed E-state index contributed by atoms with van der Waals surface area (Å²) in [4.78, 5) is 11.8. The fourth-order valence-electron chi connectivity index (χ4n) is 1.83. The molecule has 1 aromatic carbocycles. The minimum absolute atomic E-state index is 0.000255.